The number of nitrogens with one attached hydrogen (secondary N) is 2. The van der Waals surface area contributed by atoms with Crippen LogP contribution in [0.15, 0.2) is 77.8 Å². The first-order valence-corrected chi connectivity index (χ1v) is 12.2. The highest BCUT2D eigenvalue weighted by Crippen LogP contribution is 2.22. The van der Waals surface area contributed by atoms with Gasteiger partial charge in [0.25, 0.3) is 0 Å². The highest BCUT2D eigenvalue weighted by Gasteiger charge is 2.20. The lowest BCUT2D eigenvalue weighted by Crippen LogP contribution is -2.25. The number of carbonyl (C=O) groups is 1. The topological polar surface area (TPSA) is 126 Å². The van der Waals surface area contributed by atoms with Gasteiger partial charge in [-0.1, -0.05) is 65.4 Å². The number of rotatable bonds is 9. The maximum Gasteiger partial charge on any atom is 0.245 e. The van der Waals surface area contributed by atoms with Crippen LogP contribution in [0, 0.1) is 6.92 Å². The molecular weight excluding hydrogens is 454 g/mol. The predicted molar refractivity (Wildman–Crippen MR) is 126 cm³/mol. The average Bonchev–Trinajstić information content (AvgIpc) is 3.32. The van der Waals surface area contributed by atoms with Crippen LogP contribution in [-0.2, 0) is 27.8 Å². The zero-order valence-corrected chi connectivity index (χ0v) is 19.4. The molecule has 0 aliphatic carbocycles. The van der Waals surface area contributed by atoms with Gasteiger partial charge in [-0.25, -0.2) is 23.3 Å². The molecule has 1 heterocycles. The summed E-state index contributed by atoms with van der Waals surface area (Å²) < 4.78 is 29.1. The van der Waals surface area contributed by atoms with Gasteiger partial charge in [-0.2, -0.15) is 0 Å². The highest BCUT2D eigenvalue weighted by atomic mass is 32.2. The fourth-order valence-electron chi connectivity index (χ4n) is 3.70. The summed E-state index contributed by atoms with van der Waals surface area (Å²) in [5.41, 5.74) is 4.02. The van der Waals surface area contributed by atoms with Crippen molar-refractivity contribution in [3.63, 3.8) is 0 Å². The molecule has 10 heteroatoms. The molecule has 4 aromatic rings. The summed E-state index contributed by atoms with van der Waals surface area (Å²) in [7, 11) is -3.70. The van der Waals surface area contributed by atoms with Crippen LogP contribution >= 0.6 is 0 Å². The molecule has 3 N–H and O–H groups in total. The Morgan fingerprint density at radius 3 is 2.53 bits per heavy atom. The van der Waals surface area contributed by atoms with Crippen molar-refractivity contribution in [2.45, 2.75) is 37.2 Å². The van der Waals surface area contributed by atoms with E-state index in [1.165, 1.54) is 4.68 Å². The maximum absolute atomic E-state index is 12.5. The molecule has 0 radical (unpaired) electrons. The monoisotopic (exact) mass is 479 g/mol. The summed E-state index contributed by atoms with van der Waals surface area (Å²) in [5.74, 6) is -0.553. The van der Waals surface area contributed by atoms with E-state index in [2.05, 4.69) is 15.0 Å². The fraction of sp³-hybridized carbons (Fsp3) is 0.208. The average molecular weight is 480 g/mol. The Bertz CT molecular complexity index is 1400. The van der Waals surface area contributed by atoms with Crippen molar-refractivity contribution in [2.75, 3.05) is 0 Å². The normalized spacial score (nSPS) is 12.5. The van der Waals surface area contributed by atoms with E-state index >= 15 is 0 Å². The number of hydroxylamine groups is 1. The smallest absolute Gasteiger partial charge is 0.245 e. The summed E-state index contributed by atoms with van der Waals surface area (Å²) in [4.78, 5) is 12.1. The molecule has 9 nitrogen and oxygen atoms in total. The Hall–Kier alpha value is -3.60. The molecule has 4 rings (SSSR count). The van der Waals surface area contributed by atoms with Gasteiger partial charge in [0.15, 0.2) is 0 Å². The van der Waals surface area contributed by atoms with E-state index in [9.17, 15) is 13.2 Å². The van der Waals surface area contributed by atoms with Gasteiger partial charge in [0, 0.05) is 0 Å². The molecule has 1 atom stereocenters. The van der Waals surface area contributed by atoms with Crippen LogP contribution in [-0.4, -0.2) is 34.5 Å². The van der Waals surface area contributed by atoms with E-state index < -0.39 is 22.0 Å². The Morgan fingerprint density at radius 2 is 1.79 bits per heavy atom. The third kappa shape index (κ3) is 5.66. The summed E-state index contributed by atoms with van der Waals surface area (Å²) in [5, 5.41) is 19.4. The van der Waals surface area contributed by atoms with Crippen molar-refractivity contribution in [1.29, 1.82) is 0 Å². The summed E-state index contributed by atoms with van der Waals surface area (Å²) in [6.07, 6.45) is 2.05. The minimum Gasteiger partial charge on any atom is -0.289 e. The number of nitrogens with zero attached hydrogens (tertiary/aromatic N) is 3. The van der Waals surface area contributed by atoms with Crippen molar-refractivity contribution in [1.82, 2.24) is 25.2 Å². The standard InChI is InChI=1S/C24H25N5O4S/c1-17-6-10-23(11-7-17)34(32,33)25-15-21-16-29(28-26-21)22(14-24(30)27-31)13-18-8-9-19-4-2-3-5-20(19)12-18/h2-12,16,22,25,31H,13-15H2,1H3,(H,27,30)/t22-/m1/s1. The van der Waals surface area contributed by atoms with E-state index in [0.29, 0.717) is 12.1 Å². The van der Waals surface area contributed by atoms with E-state index in [4.69, 9.17) is 5.21 Å². The van der Waals surface area contributed by atoms with Crippen LogP contribution in [0.4, 0.5) is 0 Å². The van der Waals surface area contributed by atoms with Crippen LogP contribution in [0.2, 0.25) is 0 Å². The van der Waals surface area contributed by atoms with Crippen LogP contribution in [0.3, 0.4) is 0 Å². The van der Waals surface area contributed by atoms with Gasteiger partial charge in [0.1, 0.15) is 0 Å². The molecule has 1 aromatic heterocycles. The lowest BCUT2D eigenvalue weighted by atomic mass is 10.00. The molecule has 0 spiro atoms. The van der Waals surface area contributed by atoms with Crippen molar-refractivity contribution in [3.8, 4) is 0 Å². The number of aromatic nitrogens is 3. The molecule has 0 bridgehead atoms. The van der Waals surface area contributed by atoms with Gasteiger partial charge in [0.05, 0.1) is 35.8 Å². The molecule has 0 aliphatic heterocycles. The molecule has 0 aliphatic rings. The predicted octanol–water partition coefficient (Wildman–Crippen LogP) is 2.90. The molecule has 1 amide bonds. The van der Waals surface area contributed by atoms with Gasteiger partial charge in [-0.05, 0) is 41.8 Å². The summed E-state index contributed by atoms with van der Waals surface area (Å²) in [6.45, 7) is 1.83. The number of sulfonamides is 1. The first-order chi connectivity index (χ1) is 16.3. The number of amides is 1. The zero-order valence-electron chi connectivity index (χ0n) is 18.5. The minimum absolute atomic E-state index is 0.0266. The van der Waals surface area contributed by atoms with E-state index in [0.717, 1.165) is 21.9 Å². The molecule has 0 fully saturated rings. The Labute approximate surface area is 197 Å². The van der Waals surface area contributed by atoms with Crippen LogP contribution in [0.25, 0.3) is 10.8 Å². The third-order valence-corrected chi connectivity index (χ3v) is 6.95. The Balaban J connectivity index is 1.50. The van der Waals surface area contributed by atoms with Crippen LogP contribution < -0.4 is 10.2 Å². The van der Waals surface area contributed by atoms with Gasteiger partial charge in [-0.3, -0.25) is 10.0 Å². The number of hydrogen-bond donors (Lipinski definition) is 3. The fourth-order valence-corrected chi connectivity index (χ4v) is 4.70. The van der Waals surface area contributed by atoms with Crippen molar-refractivity contribution >= 4 is 26.7 Å². The lowest BCUT2D eigenvalue weighted by Gasteiger charge is -2.16. The number of aryl methyl sites for hydroxylation is 1. The quantitative estimate of drug-likeness (QED) is 0.250. The largest absolute Gasteiger partial charge is 0.289 e. The van der Waals surface area contributed by atoms with Crippen molar-refractivity contribution in [3.05, 3.63) is 89.7 Å². The molecular formula is C24H25N5O4S. The molecule has 0 unspecified atom stereocenters. The molecule has 176 valence electrons. The number of benzene rings is 3. The lowest BCUT2D eigenvalue weighted by molar-refractivity contribution is -0.130. The summed E-state index contributed by atoms with van der Waals surface area (Å²) >= 11 is 0. The second-order valence-corrected chi connectivity index (χ2v) is 9.87. The highest BCUT2D eigenvalue weighted by molar-refractivity contribution is 7.89. The van der Waals surface area contributed by atoms with Crippen LogP contribution in [0.5, 0.6) is 0 Å². The first-order valence-electron chi connectivity index (χ1n) is 10.7. The van der Waals surface area contributed by atoms with Gasteiger partial charge < -0.3 is 0 Å². The molecule has 34 heavy (non-hydrogen) atoms. The SMILES string of the molecule is Cc1ccc(S(=O)(=O)NCc2cn([C@@H](CC(=O)NO)Cc3ccc4ccccc4c3)nn2)cc1. The van der Waals surface area contributed by atoms with Crippen molar-refractivity contribution in [2.24, 2.45) is 0 Å². The minimum atomic E-state index is -3.70. The van der Waals surface area contributed by atoms with Gasteiger partial charge in [-0.15, -0.1) is 5.10 Å². The maximum atomic E-state index is 12.5. The summed E-state index contributed by atoms with van der Waals surface area (Å²) in [6, 6.07) is 20.1. The zero-order chi connectivity index (χ0) is 24.1. The second-order valence-electron chi connectivity index (χ2n) is 8.11. The van der Waals surface area contributed by atoms with E-state index in [1.807, 2.05) is 49.4 Å². The Morgan fingerprint density at radius 1 is 1.06 bits per heavy atom. The first kappa shape index (κ1) is 23.6. The second kappa shape index (κ2) is 10.1. The van der Waals surface area contributed by atoms with E-state index in [-0.39, 0.29) is 17.9 Å². The van der Waals surface area contributed by atoms with Crippen LogP contribution in [0.1, 0.15) is 29.3 Å². The Kier molecular flexibility index (Phi) is 7.01. The number of hydrogen-bond acceptors (Lipinski definition) is 6. The molecule has 0 saturated carbocycles. The van der Waals surface area contributed by atoms with Gasteiger partial charge >= 0.3 is 0 Å². The number of carbonyl (C=O) groups excluding carboxylic acids is 1. The molecule has 0 saturated heterocycles. The van der Waals surface area contributed by atoms with E-state index in [1.54, 1.807) is 35.9 Å². The third-order valence-electron chi connectivity index (χ3n) is 5.54. The molecule has 3 aromatic carbocycles. The van der Waals surface area contributed by atoms with Crippen molar-refractivity contribution < 1.29 is 18.4 Å². The van der Waals surface area contributed by atoms with Gasteiger partial charge in [0.2, 0.25) is 15.9 Å². The number of fused-ring (bicyclic) bond motifs is 1.